The van der Waals surface area contributed by atoms with Crippen molar-refractivity contribution in [2.45, 2.75) is 38.7 Å². The molecule has 1 aliphatic rings. The van der Waals surface area contributed by atoms with Crippen molar-refractivity contribution in [3.05, 3.63) is 0 Å². The molecular weight excluding hydrogens is 248 g/mol. The van der Waals surface area contributed by atoms with E-state index in [2.05, 4.69) is 5.32 Å². The van der Waals surface area contributed by atoms with Crippen LogP contribution in [0, 0.1) is 5.92 Å². The first-order chi connectivity index (χ1) is 8.84. The Kier molecular flexibility index (Phi) is 5.60. The fourth-order valence-electron chi connectivity index (χ4n) is 2.05. The summed E-state index contributed by atoms with van der Waals surface area (Å²) in [7, 11) is 1.62. The van der Waals surface area contributed by atoms with E-state index in [-0.39, 0.29) is 18.1 Å². The van der Waals surface area contributed by atoms with Gasteiger partial charge in [-0.25, -0.2) is 4.79 Å². The van der Waals surface area contributed by atoms with Crippen LogP contribution in [0.2, 0.25) is 0 Å². The third-order valence-corrected chi connectivity index (χ3v) is 3.56. The van der Waals surface area contributed by atoms with Crippen LogP contribution in [0.5, 0.6) is 0 Å². The van der Waals surface area contributed by atoms with E-state index in [4.69, 9.17) is 9.84 Å². The molecule has 0 aromatic rings. The average molecular weight is 272 g/mol. The monoisotopic (exact) mass is 272 g/mol. The second kappa shape index (κ2) is 6.75. The molecule has 110 valence electrons. The number of hydrogen-bond donors (Lipinski definition) is 2. The number of rotatable bonds is 6. The van der Waals surface area contributed by atoms with Crippen LogP contribution < -0.4 is 5.32 Å². The molecule has 6 heteroatoms. The molecule has 1 saturated heterocycles. The van der Waals surface area contributed by atoms with Crippen molar-refractivity contribution in [3.8, 4) is 0 Å². The number of nitrogens with zero attached hydrogens (tertiary/aromatic N) is 1. The van der Waals surface area contributed by atoms with Crippen molar-refractivity contribution in [1.82, 2.24) is 10.2 Å². The van der Waals surface area contributed by atoms with Crippen LogP contribution in [0.4, 0.5) is 4.79 Å². The van der Waals surface area contributed by atoms with Gasteiger partial charge in [0.15, 0.2) is 0 Å². The van der Waals surface area contributed by atoms with Crippen LogP contribution in [0.3, 0.4) is 0 Å². The van der Waals surface area contributed by atoms with Crippen molar-refractivity contribution in [1.29, 1.82) is 0 Å². The lowest BCUT2D eigenvalue weighted by Crippen LogP contribution is -2.45. The van der Waals surface area contributed by atoms with E-state index < -0.39 is 5.97 Å². The molecule has 19 heavy (non-hydrogen) atoms. The van der Waals surface area contributed by atoms with E-state index in [9.17, 15) is 9.59 Å². The maximum absolute atomic E-state index is 11.9. The number of urea groups is 1. The summed E-state index contributed by atoms with van der Waals surface area (Å²) in [5, 5.41) is 11.5. The molecule has 0 radical (unpaired) electrons. The molecule has 6 nitrogen and oxygen atoms in total. The lowest BCUT2D eigenvalue weighted by molar-refractivity contribution is -0.137. The largest absolute Gasteiger partial charge is 0.481 e. The van der Waals surface area contributed by atoms with Gasteiger partial charge < -0.3 is 20.1 Å². The standard InChI is InChI=1S/C13H24N2O4/c1-13(2,19-3)9-14-12(18)15-7-6-10(8-15)4-5-11(16)17/h10H,4-9H2,1-3H3,(H,14,18)(H,16,17). The molecule has 0 aromatic heterocycles. The van der Waals surface area contributed by atoms with Crippen LogP contribution in [-0.2, 0) is 9.53 Å². The van der Waals surface area contributed by atoms with Crippen molar-refractivity contribution in [2.24, 2.45) is 5.92 Å². The first-order valence-electron chi connectivity index (χ1n) is 6.64. The molecule has 0 spiro atoms. The highest BCUT2D eigenvalue weighted by atomic mass is 16.5. The molecule has 2 N–H and O–H groups in total. The summed E-state index contributed by atoms with van der Waals surface area (Å²) < 4.78 is 5.24. The number of ether oxygens (including phenoxy) is 1. The summed E-state index contributed by atoms with van der Waals surface area (Å²) in [6, 6.07) is -0.0945. The zero-order chi connectivity index (χ0) is 14.5. The summed E-state index contributed by atoms with van der Waals surface area (Å²) >= 11 is 0. The van der Waals surface area contributed by atoms with E-state index in [0.29, 0.717) is 32.0 Å². The highest BCUT2D eigenvalue weighted by molar-refractivity contribution is 5.74. The summed E-state index contributed by atoms with van der Waals surface area (Å²) in [6.07, 6.45) is 1.70. The van der Waals surface area contributed by atoms with Crippen LogP contribution >= 0.6 is 0 Å². The Hall–Kier alpha value is -1.30. The SMILES string of the molecule is COC(C)(C)CNC(=O)N1CCC(CCC(=O)O)C1. The highest BCUT2D eigenvalue weighted by Gasteiger charge is 2.27. The minimum Gasteiger partial charge on any atom is -0.481 e. The summed E-state index contributed by atoms with van der Waals surface area (Å²) in [5.74, 6) is -0.470. The first kappa shape index (κ1) is 15.8. The molecular formula is C13H24N2O4. The molecule has 0 aliphatic carbocycles. The van der Waals surface area contributed by atoms with E-state index in [0.717, 1.165) is 6.42 Å². The van der Waals surface area contributed by atoms with Gasteiger partial charge in [-0.15, -0.1) is 0 Å². The van der Waals surface area contributed by atoms with E-state index in [1.165, 1.54) is 0 Å². The molecule has 1 fully saturated rings. The molecule has 1 rings (SSSR count). The Bertz CT molecular complexity index is 331. The number of aliphatic carboxylic acids is 1. The second-order valence-corrected chi connectivity index (χ2v) is 5.66. The zero-order valence-corrected chi connectivity index (χ0v) is 11.9. The molecule has 1 unspecified atom stereocenters. The first-order valence-corrected chi connectivity index (χ1v) is 6.64. The summed E-state index contributed by atoms with van der Waals surface area (Å²) in [4.78, 5) is 24.2. The predicted octanol–water partition coefficient (Wildman–Crippen LogP) is 1.31. The topological polar surface area (TPSA) is 78.9 Å². The molecule has 0 bridgehead atoms. The number of methoxy groups -OCH3 is 1. The highest BCUT2D eigenvalue weighted by Crippen LogP contribution is 2.21. The van der Waals surface area contributed by atoms with Crippen molar-refractivity contribution < 1.29 is 19.4 Å². The van der Waals surface area contributed by atoms with Crippen molar-refractivity contribution in [2.75, 3.05) is 26.7 Å². The Balaban J connectivity index is 2.30. The smallest absolute Gasteiger partial charge is 0.317 e. The Morgan fingerprint density at radius 2 is 2.16 bits per heavy atom. The van der Waals surface area contributed by atoms with Crippen LogP contribution in [0.25, 0.3) is 0 Å². The van der Waals surface area contributed by atoms with Gasteiger partial charge in [0.2, 0.25) is 0 Å². The molecule has 2 amide bonds. The number of amides is 2. The van der Waals surface area contributed by atoms with Gasteiger partial charge >= 0.3 is 12.0 Å². The summed E-state index contributed by atoms with van der Waals surface area (Å²) in [5.41, 5.74) is -0.377. The average Bonchev–Trinajstić information content (AvgIpc) is 2.82. The van der Waals surface area contributed by atoms with Gasteiger partial charge in [-0.2, -0.15) is 0 Å². The second-order valence-electron chi connectivity index (χ2n) is 5.66. The van der Waals surface area contributed by atoms with Crippen molar-refractivity contribution in [3.63, 3.8) is 0 Å². The van der Waals surface area contributed by atoms with Gasteiger partial charge in [0, 0.05) is 33.2 Å². The lowest BCUT2D eigenvalue weighted by Gasteiger charge is -2.25. The van der Waals surface area contributed by atoms with Gasteiger partial charge in [0.25, 0.3) is 0 Å². The third-order valence-electron chi connectivity index (χ3n) is 3.56. The van der Waals surface area contributed by atoms with Gasteiger partial charge in [-0.05, 0) is 32.6 Å². The van der Waals surface area contributed by atoms with Gasteiger partial charge in [-0.1, -0.05) is 0 Å². The van der Waals surface area contributed by atoms with E-state index in [1.54, 1.807) is 12.0 Å². The molecule has 1 atom stereocenters. The Morgan fingerprint density at radius 1 is 1.47 bits per heavy atom. The van der Waals surface area contributed by atoms with Gasteiger partial charge in [0.1, 0.15) is 0 Å². The van der Waals surface area contributed by atoms with E-state index in [1.807, 2.05) is 13.8 Å². The lowest BCUT2D eigenvalue weighted by atomic mass is 10.0. The van der Waals surface area contributed by atoms with Crippen LogP contribution in [-0.4, -0.2) is 54.4 Å². The minimum absolute atomic E-state index is 0.0945. The molecule has 0 saturated carbocycles. The van der Waals surface area contributed by atoms with Gasteiger partial charge in [-0.3, -0.25) is 4.79 Å². The third kappa shape index (κ3) is 5.46. The predicted molar refractivity (Wildman–Crippen MR) is 71.0 cm³/mol. The fraction of sp³-hybridized carbons (Fsp3) is 0.846. The molecule has 1 heterocycles. The van der Waals surface area contributed by atoms with E-state index >= 15 is 0 Å². The Labute approximate surface area is 114 Å². The number of carboxylic acids is 1. The molecule has 1 aliphatic heterocycles. The number of hydrogen-bond acceptors (Lipinski definition) is 3. The maximum Gasteiger partial charge on any atom is 0.317 e. The van der Waals surface area contributed by atoms with Crippen molar-refractivity contribution >= 4 is 12.0 Å². The maximum atomic E-state index is 11.9. The number of nitrogens with one attached hydrogen (secondary N) is 1. The Morgan fingerprint density at radius 3 is 2.74 bits per heavy atom. The van der Waals surface area contributed by atoms with Crippen LogP contribution in [0.1, 0.15) is 33.1 Å². The quantitative estimate of drug-likeness (QED) is 0.764. The molecule has 0 aromatic carbocycles. The minimum atomic E-state index is -0.773. The van der Waals surface area contributed by atoms with Crippen LogP contribution in [0.15, 0.2) is 0 Å². The fourth-order valence-corrected chi connectivity index (χ4v) is 2.05. The summed E-state index contributed by atoms with van der Waals surface area (Å²) in [6.45, 7) is 5.62. The number of carboxylic acid groups (broad SMARTS) is 1. The number of carbonyl (C=O) groups is 2. The normalized spacial score (nSPS) is 19.5. The zero-order valence-electron chi connectivity index (χ0n) is 11.9. The van der Waals surface area contributed by atoms with Gasteiger partial charge in [0.05, 0.1) is 5.60 Å². The number of carbonyl (C=O) groups excluding carboxylic acids is 1. The number of likely N-dealkylation sites (tertiary alicyclic amines) is 1.